The number of nitrogens with two attached hydrogens (primary N) is 1. The highest BCUT2D eigenvalue weighted by Gasteiger charge is 2.21. The molecule has 0 aromatic carbocycles. The van der Waals surface area contributed by atoms with Gasteiger partial charge in [-0.1, -0.05) is 5.16 Å². The lowest BCUT2D eigenvalue weighted by atomic mass is 10.2. The minimum absolute atomic E-state index is 0.0611. The van der Waals surface area contributed by atoms with Crippen molar-refractivity contribution in [2.24, 2.45) is 10.9 Å². The normalized spacial score (nSPS) is 26.7. The Morgan fingerprint density at radius 3 is 3.00 bits per heavy atom. The Morgan fingerprint density at radius 1 is 1.79 bits per heavy atom. The smallest absolute Gasteiger partial charge is 0.156 e. The highest BCUT2D eigenvalue weighted by atomic mass is 16.4. The molecule has 1 aliphatic rings. The Hall–Kier alpha value is -0.810. The summed E-state index contributed by atoms with van der Waals surface area (Å²) < 4.78 is 0. The van der Waals surface area contributed by atoms with Crippen LogP contribution in [0.2, 0.25) is 0 Å². The molecule has 5 nitrogen and oxygen atoms in total. The second kappa shape index (κ2) is 5.17. The zero-order valence-corrected chi connectivity index (χ0v) is 8.90. The van der Waals surface area contributed by atoms with Crippen LogP contribution < -0.4 is 11.1 Å². The summed E-state index contributed by atoms with van der Waals surface area (Å²) in [6, 6.07) is 0.526. The van der Waals surface area contributed by atoms with Gasteiger partial charge in [-0.25, -0.2) is 0 Å². The first kappa shape index (κ1) is 11.3. The molecule has 1 heterocycles. The summed E-state index contributed by atoms with van der Waals surface area (Å²) in [5.74, 6) is 0.241. The molecule has 5 heteroatoms. The zero-order valence-electron chi connectivity index (χ0n) is 8.90. The van der Waals surface area contributed by atoms with Gasteiger partial charge in [0.2, 0.25) is 0 Å². The maximum atomic E-state index is 8.46. The quantitative estimate of drug-likeness (QED) is 0.254. The van der Waals surface area contributed by atoms with E-state index in [1.165, 1.54) is 19.4 Å². The van der Waals surface area contributed by atoms with Gasteiger partial charge in [0.15, 0.2) is 5.84 Å². The molecule has 2 atom stereocenters. The first-order valence-electron chi connectivity index (χ1n) is 5.06. The molecule has 0 aliphatic carbocycles. The van der Waals surface area contributed by atoms with Gasteiger partial charge in [0.05, 0.1) is 6.04 Å². The maximum absolute atomic E-state index is 8.46. The van der Waals surface area contributed by atoms with Crippen molar-refractivity contribution in [3.63, 3.8) is 0 Å². The second-order valence-corrected chi connectivity index (χ2v) is 3.93. The summed E-state index contributed by atoms with van der Waals surface area (Å²) in [4.78, 5) is 2.34. The van der Waals surface area contributed by atoms with E-state index in [4.69, 9.17) is 10.9 Å². The molecule has 14 heavy (non-hydrogen) atoms. The van der Waals surface area contributed by atoms with E-state index in [-0.39, 0.29) is 11.9 Å². The number of amidine groups is 1. The second-order valence-electron chi connectivity index (χ2n) is 3.93. The average Bonchev–Trinajstić information content (AvgIpc) is 2.59. The van der Waals surface area contributed by atoms with Gasteiger partial charge in [0.1, 0.15) is 0 Å². The van der Waals surface area contributed by atoms with Gasteiger partial charge in [-0.05, 0) is 33.4 Å². The number of likely N-dealkylation sites (tertiary alicyclic amines) is 1. The van der Waals surface area contributed by atoms with E-state index in [2.05, 4.69) is 22.4 Å². The van der Waals surface area contributed by atoms with Gasteiger partial charge in [-0.15, -0.1) is 0 Å². The fourth-order valence-corrected chi connectivity index (χ4v) is 1.74. The summed E-state index contributed by atoms with van der Waals surface area (Å²) in [6.07, 6.45) is 2.49. The van der Waals surface area contributed by atoms with Crippen LogP contribution in [-0.4, -0.2) is 48.2 Å². The predicted molar refractivity (Wildman–Crippen MR) is 56.5 cm³/mol. The van der Waals surface area contributed by atoms with Crippen molar-refractivity contribution >= 4 is 5.84 Å². The van der Waals surface area contributed by atoms with Crippen molar-refractivity contribution in [2.45, 2.75) is 31.8 Å². The lowest BCUT2D eigenvalue weighted by Crippen LogP contribution is -2.44. The Kier molecular flexibility index (Phi) is 4.16. The van der Waals surface area contributed by atoms with E-state index in [1.807, 2.05) is 6.92 Å². The van der Waals surface area contributed by atoms with Crippen LogP contribution in [-0.2, 0) is 0 Å². The van der Waals surface area contributed by atoms with Crippen LogP contribution in [0.25, 0.3) is 0 Å². The summed E-state index contributed by atoms with van der Waals surface area (Å²) >= 11 is 0. The summed E-state index contributed by atoms with van der Waals surface area (Å²) in [5.41, 5.74) is 5.46. The molecule has 0 saturated carbocycles. The van der Waals surface area contributed by atoms with E-state index in [0.29, 0.717) is 6.04 Å². The number of oxime groups is 1. The van der Waals surface area contributed by atoms with E-state index >= 15 is 0 Å². The Morgan fingerprint density at radius 2 is 2.50 bits per heavy atom. The van der Waals surface area contributed by atoms with Crippen LogP contribution in [0.3, 0.4) is 0 Å². The Bertz CT molecular complexity index is 207. The summed E-state index contributed by atoms with van der Waals surface area (Å²) in [5, 5.41) is 14.7. The van der Waals surface area contributed by atoms with Gasteiger partial charge >= 0.3 is 0 Å². The van der Waals surface area contributed by atoms with Crippen molar-refractivity contribution < 1.29 is 5.21 Å². The fraction of sp³-hybridized carbons (Fsp3) is 0.889. The van der Waals surface area contributed by atoms with Crippen LogP contribution in [0.5, 0.6) is 0 Å². The van der Waals surface area contributed by atoms with E-state index < -0.39 is 0 Å². The SMILES string of the molecule is CC(NCC1CCCN1C)C(N)=NO. The first-order chi connectivity index (χ1) is 6.65. The molecule has 4 N–H and O–H groups in total. The van der Waals surface area contributed by atoms with Gasteiger partial charge in [0.25, 0.3) is 0 Å². The Labute approximate surface area is 84.9 Å². The molecule has 0 radical (unpaired) electrons. The molecule has 0 aromatic heterocycles. The number of nitrogens with one attached hydrogen (secondary N) is 1. The highest BCUT2D eigenvalue weighted by Crippen LogP contribution is 2.13. The van der Waals surface area contributed by atoms with Gasteiger partial charge < -0.3 is 21.2 Å². The topological polar surface area (TPSA) is 73.9 Å². The monoisotopic (exact) mass is 200 g/mol. The standard InChI is InChI=1S/C9H20N4O/c1-7(9(10)12-14)11-6-8-4-3-5-13(8)2/h7-8,11,14H,3-6H2,1-2H3,(H2,10,12). The van der Waals surface area contributed by atoms with E-state index in [9.17, 15) is 0 Å². The van der Waals surface area contributed by atoms with Gasteiger partial charge in [-0.3, -0.25) is 0 Å². The van der Waals surface area contributed by atoms with E-state index in [1.54, 1.807) is 0 Å². The molecule has 0 aromatic rings. The summed E-state index contributed by atoms with van der Waals surface area (Å²) in [7, 11) is 2.13. The molecule has 1 saturated heterocycles. The van der Waals surface area contributed by atoms with Gasteiger partial charge in [-0.2, -0.15) is 0 Å². The van der Waals surface area contributed by atoms with Crippen LogP contribution in [0.15, 0.2) is 5.16 Å². The minimum Gasteiger partial charge on any atom is -0.409 e. The summed E-state index contributed by atoms with van der Waals surface area (Å²) in [6.45, 7) is 3.96. The molecule has 2 unspecified atom stereocenters. The molecular weight excluding hydrogens is 180 g/mol. The zero-order chi connectivity index (χ0) is 10.6. The molecule has 1 fully saturated rings. The fourth-order valence-electron chi connectivity index (χ4n) is 1.74. The molecule has 0 bridgehead atoms. The van der Waals surface area contributed by atoms with Crippen molar-refractivity contribution in [1.29, 1.82) is 0 Å². The predicted octanol–water partition coefficient (Wildman–Crippen LogP) is -0.195. The number of rotatable bonds is 4. The van der Waals surface area contributed by atoms with Crippen molar-refractivity contribution in [3.05, 3.63) is 0 Å². The maximum Gasteiger partial charge on any atom is 0.156 e. The lowest BCUT2D eigenvalue weighted by Gasteiger charge is -2.21. The molecule has 0 spiro atoms. The average molecular weight is 200 g/mol. The first-order valence-corrected chi connectivity index (χ1v) is 5.06. The number of hydrogen-bond acceptors (Lipinski definition) is 4. The van der Waals surface area contributed by atoms with E-state index in [0.717, 1.165) is 6.54 Å². The van der Waals surface area contributed by atoms with Crippen LogP contribution >= 0.6 is 0 Å². The molecular formula is C9H20N4O. The largest absolute Gasteiger partial charge is 0.409 e. The minimum atomic E-state index is -0.0611. The van der Waals surface area contributed by atoms with Crippen LogP contribution in [0, 0.1) is 0 Å². The number of likely N-dealkylation sites (N-methyl/N-ethyl adjacent to an activating group) is 1. The van der Waals surface area contributed by atoms with Crippen molar-refractivity contribution in [3.8, 4) is 0 Å². The lowest BCUT2D eigenvalue weighted by molar-refractivity contribution is 0.295. The molecule has 0 amide bonds. The Balaban J connectivity index is 2.26. The van der Waals surface area contributed by atoms with Gasteiger partial charge in [0, 0.05) is 12.6 Å². The van der Waals surface area contributed by atoms with Crippen molar-refractivity contribution in [1.82, 2.24) is 10.2 Å². The van der Waals surface area contributed by atoms with Crippen molar-refractivity contribution in [2.75, 3.05) is 20.1 Å². The number of nitrogens with zero attached hydrogens (tertiary/aromatic N) is 2. The number of hydrogen-bond donors (Lipinski definition) is 3. The molecule has 1 rings (SSSR count). The third kappa shape index (κ3) is 2.85. The molecule has 1 aliphatic heterocycles. The molecule has 82 valence electrons. The third-order valence-electron chi connectivity index (χ3n) is 2.89. The third-order valence-corrected chi connectivity index (χ3v) is 2.89. The van der Waals surface area contributed by atoms with Crippen LogP contribution in [0.4, 0.5) is 0 Å². The highest BCUT2D eigenvalue weighted by molar-refractivity contribution is 5.84. The van der Waals surface area contributed by atoms with Crippen LogP contribution in [0.1, 0.15) is 19.8 Å².